The van der Waals surface area contributed by atoms with Gasteiger partial charge in [0.2, 0.25) is 0 Å². The minimum absolute atomic E-state index is 0.390. The van der Waals surface area contributed by atoms with E-state index >= 15 is 0 Å². The quantitative estimate of drug-likeness (QED) is 0.635. The first kappa shape index (κ1) is 9.72. The van der Waals surface area contributed by atoms with Crippen molar-refractivity contribution in [1.29, 1.82) is 0 Å². The van der Waals surface area contributed by atoms with Gasteiger partial charge >= 0.3 is 0 Å². The zero-order chi connectivity index (χ0) is 9.19. The lowest BCUT2D eigenvalue weighted by molar-refractivity contribution is 0.329. The van der Waals surface area contributed by atoms with E-state index in [9.17, 15) is 0 Å². The Balaban J connectivity index is 2.43. The SMILES string of the molecule is CC1CN=CC(CC(C)(C)C)N1. The normalized spacial score (nSPS) is 30.7. The molecule has 0 aromatic heterocycles. The third kappa shape index (κ3) is 3.35. The molecule has 1 aliphatic heterocycles. The molecule has 0 aromatic carbocycles. The van der Waals surface area contributed by atoms with Crippen LogP contribution in [0.2, 0.25) is 0 Å². The predicted molar refractivity (Wildman–Crippen MR) is 53.8 cm³/mol. The third-order valence-corrected chi connectivity index (χ3v) is 2.00. The van der Waals surface area contributed by atoms with Gasteiger partial charge in [-0.05, 0) is 18.8 Å². The Labute approximate surface area is 75.5 Å². The van der Waals surface area contributed by atoms with E-state index in [2.05, 4.69) is 44.2 Å². The van der Waals surface area contributed by atoms with Crippen LogP contribution in [-0.2, 0) is 0 Å². The first-order valence-electron chi connectivity index (χ1n) is 4.73. The lowest BCUT2D eigenvalue weighted by atomic mass is 9.88. The number of rotatable bonds is 1. The molecule has 2 nitrogen and oxygen atoms in total. The van der Waals surface area contributed by atoms with Crippen LogP contribution in [-0.4, -0.2) is 24.8 Å². The van der Waals surface area contributed by atoms with Gasteiger partial charge in [-0.2, -0.15) is 0 Å². The molecule has 2 heteroatoms. The van der Waals surface area contributed by atoms with Crippen LogP contribution >= 0.6 is 0 Å². The molecule has 0 spiro atoms. The molecule has 0 aliphatic carbocycles. The second-order valence-electron chi connectivity index (χ2n) is 4.95. The standard InChI is InChI=1S/C10H20N2/c1-8-6-11-7-9(12-8)5-10(2,3)4/h7-9,12H,5-6H2,1-4H3. The van der Waals surface area contributed by atoms with E-state index < -0.39 is 0 Å². The molecule has 1 heterocycles. The highest BCUT2D eigenvalue weighted by atomic mass is 15.0. The Bertz CT molecular complexity index is 167. The molecule has 1 aliphatic rings. The molecular weight excluding hydrogens is 148 g/mol. The van der Waals surface area contributed by atoms with Gasteiger partial charge in [-0.3, -0.25) is 4.99 Å². The molecular formula is C10H20N2. The smallest absolute Gasteiger partial charge is 0.0537 e. The van der Waals surface area contributed by atoms with E-state index in [1.54, 1.807) is 0 Å². The van der Waals surface area contributed by atoms with Crippen LogP contribution in [0.3, 0.4) is 0 Å². The van der Waals surface area contributed by atoms with Crippen LogP contribution in [0.15, 0.2) is 4.99 Å². The Hall–Kier alpha value is -0.370. The number of nitrogens with one attached hydrogen (secondary N) is 1. The second-order valence-corrected chi connectivity index (χ2v) is 4.95. The van der Waals surface area contributed by atoms with Crippen LogP contribution < -0.4 is 5.32 Å². The van der Waals surface area contributed by atoms with E-state index in [-0.39, 0.29) is 0 Å². The van der Waals surface area contributed by atoms with E-state index in [0.717, 1.165) is 6.54 Å². The van der Waals surface area contributed by atoms with Crippen molar-refractivity contribution < 1.29 is 0 Å². The number of aliphatic imine (C=N–C) groups is 1. The molecule has 70 valence electrons. The molecule has 2 unspecified atom stereocenters. The zero-order valence-corrected chi connectivity index (χ0v) is 8.59. The van der Waals surface area contributed by atoms with Gasteiger partial charge in [-0.25, -0.2) is 0 Å². The van der Waals surface area contributed by atoms with Gasteiger partial charge in [-0.15, -0.1) is 0 Å². The molecule has 0 bridgehead atoms. The average molecular weight is 168 g/mol. The Morgan fingerprint density at radius 1 is 1.50 bits per heavy atom. The molecule has 0 radical (unpaired) electrons. The monoisotopic (exact) mass is 168 g/mol. The van der Waals surface area contributed by atoms with Gasteiger partial charge < -0.3 is 5.32 Å². The Morgan fingerprint density at radius 3 is 2.67 bits per heavy atom. The molecule has 1 rings (SSSR count). The van der Waals surface area contributed by atoms with Crippen LogP contribution in [0, 0.1) is 5.41 Å². The van der Waals surface area contributed by atoms with E-state index in [0.29, 0.717) is 17.5 Å². The first-order valence-corrected chi connectivity index (χ1v) is 4.73. The Kier molecular flexibility index (Phi) is 2.89. The van der Waals surface area contributed by atoms with Crippen molar-refractivity contribution in [2.75, 3.05) is 6.54 Å². The van der Waals surface area contributed by atoms with Crippen LogP contribution in [0.1, 0.15) is 34.1 Å². The highest BCUT2D eigenvalue weighted by molar-refractivity contribution is 5.65. The molecule has 2 atom stereocenters. The fourth-order valence-electron chi connectivity index (χ4n) is 1.58. The maximum atomic E-state index is 4.34. The summed E-state index contributed by atoms with van der Waals surface area (Å²) in [6.07, 6.45) is 3.23. The minimum atomic E-state index is 0.390. The summed E-state index contributed by atoms with van der Waals surface area (Å²) in [5.74, 6) is 0. The van der Waals surface area contributed by atoms with Crippen molar-refractivity contribution >= 4 is 6.21 Å². The van der Waals surface area contributed by atoms with Gasteiger partial charge in [-0.1, -0.05) is 20.8 Å². The number of hydrogen-bond acceptors (Lipinski definition) is 2. The van der Waals surface area contributed by atoms with Gasteiger partial charge in [0.05, 0.1) is 6.54 Å². The van der Waals surface area contributed by atoms with E-state index in [4.69, 9.17) is 0 Å². The molecule has 0 saturated carbocycles. The van der Waals surface area contributed by atoms with E-state index in [1.807, 2.05) is 0 Å². The summed E-state index contributed by atoms with van der Waals surface area (Å²) in [6, 6.07) is 1.02. The average Bonchev–Trinajstić information content (AvgIpc) is 1.82. The van der Waals surface area contributed by atoms with E-state index in [1.165, 1.54) is 6.42 Å². The maximum absolute atomic E-state index is 4.34. The summed E-state index contributed by atoms with van der Waals surface area (Å²) in [6.45, 7) is 9.91. The molecule has 12 heavy (non-hydrogen) atoms. The molecule has 0 amide bonds. The van der Waals surface area contributed by atoms with Crippen LogP contribution in [0.5, 0.6) is 0 Å². The molecule has 0 fully saturated rings. The number of hydrogen-bond donors (Lipinski definition) is 1. The van der Waals surface area contributed by atoms with Gasteiger partial charge in [0, 0.05) is 18.3 Å². The topological polar surface area (TPSA) is 24.4 Å². The highest BCUT2D eigenvalue weighted by Gasteiger charge is 2.20. The maximum Gasteiger partial charge on any atom is 0.0537 e. The highest BCUT2D eigenvalue weighted by Crippen LogP contribution is 2.20. The van der Waals surface area contributed by atoms with Crippen LogP contribution in [0.25, 0.3) is 0 Å². The van der Waals surface area contributed by atoms with Crippen molar-refractivity contribution in [3.05, 3.63) is 0 Å². The summed E-state index contributed by atoms with van der Waals surface area (Å²) in [4.78, 5) is 4.34. The molecule has 0 aromatic rings. The van der Waals surface area contributed by atoms with Crippen molar-refractivity contribution in [2.45, 2.75) is 46.2 Å². The fraction of sp³-hybridized carbons (Fsp3) is 0.900. The van der Waals surface area contributed by atoms with Crippen molar-refractivity contribution in [1.82, 2.24) is 5.32 Å². The minimum Gasteiger partial charge on any atom is -0.305 e. The third-order valence-electron chi connectivity index (χ3n) is 2.00. The summed E-state index contributed by atoms with van der Waals surface area (Å²) in [7, 11) is 0. The second kappa shape index (κ2) is 3.56. The summed E-state index contributed by atoms with van der Waals surface area (Å²) >= 11 is 0. The van der Waals surface area contributed by atoms with Gasteiger partial charge in [0.1, 0.15) is 0 Å². The lowest BCUT2D eigenvalue weighted by Gasteiger charge is -2.29. The van der Waals surface area contributed by atoms with Crippen molar-refractivity contribution in [3.63, 3.8) is 0 Å². The predicted octanol–water partition coefficient (Wildman–Crippen LogP) is 1.85. The summed E-state index contributed by atoms with van der Waals surface area (Å²) < 4.78 is 0. The van der Waals surface area contributed by atoms with Crippen molar-refractivity contribution in [2.24, 2.45) is 10.4 Å². The molecule has 1 N–H and O–H groups in total. The van der Waals surface area contributed by atoms with Gasteiger partial charge in [0.15, 0.2) is 0 Å². The zero-order valence-electron chi connectivity index (χ0n) is 8.59. The summed E-state index contributed by atoms with van der Waals surface area (Å²) in [5, 5.41) is 3.52. The number of nitrogens with zero attached hydrogens (tertiary/aromatic N) is 1. The lowest BCUT2D eigenvalue weighted by Crippen LogP contribution is -2.44. The summed E-state index contributed by atoms with van der Waals surface area (Å²) in [5.41, 5.74) is 0.390. The Morgan fingerprint density at radius 2 is 2.17 bits per heavy atom. The van der Waals surface area contributed by atoms with Crippen LogP contribution in [0.4, 0.5) is 0 Å². The largest absolute Gasteiger partial charge is 0.305 e. The first-order chi connectivity index (χ1) is 5.47. The fourth-order valence-corrected chi connectivity index (χ4v) is 1.58. The van der Waals surface area contributed by atoms with Crippen molar-refractivity contribution in [3.8, 4) is 0 Å². The van der Waals surface area contributed by atoms with Gasteiger partial charge in [0.25, 0.3) is 0 Å². The molecule has 0 saturated heterocycles.